The molecule has 2 aromatic carbocycles. The largest absolute Gasteiger partial charge is 0.371 e. The number of benzene rings is 2. The Bertz CT molecular complexity index is 657. The smallest absolute Gasteiger partial charge is 0.252 e. The van der Waals surface area contributed by atoms with Crippen LogP contribution < -0.4 is 5.32 Å². The molecule has 1 aliphatic heterocycles. The van der Waals surface area contributed by atoms with Gasteiger partial charge in [0.05, 0.1) is 18.3 Å². The van der Waals surface area contributed by atoms with Gasteiger partial charge in [0.25, 0.3) is 5.91 Å². The summed E-state index contributed by atoms with van der Waals surface area (Å²) >= 11 is 3.39. The van der Waals surface area contributed by atoms with Crippen LogP contribution in [-0.2, 0) is 17.8 Å². The quantitative estimate of drug-likeness (QED) is 0.926. The van der Waals surface area contributed by atoms with Gasteiger partial charge in [-0.15, -0.1) is 0 Å². The second kappa shape index (κ2) is 6.41. The summed E-state index contributed by atoms with van der Waals surface area (Å²) in [5.74, 6) is -0.0788. The lowest BCUT2D eigenvalue weighted by Crippen LogP contribution is -2.36. The van der Waals surface area contributed by atoms with E-state index in [0.29, 0.717) is 18.7 Å². The second-order valence-electron chi connectivity index (χ2n) is 5.10. The molecule has 1 unspecified atom stereocenters. The monoisotopic (exact) mass is 345 g/mol. The Morgan fingerprint density at radius 1 is 1.14 bits per heavy atom. The molecule has 0 radical (unpaired) electrons. The molecule has 0 aromatic heterocycles. The zero-order valence-corrected chi connectivity index (χ0v) is 13.1. The summed E-state index contributed by atoms with van der Waals surface area (Å²) < 4.78 is 6.60. The van der Waals surface area contributed by atoms with Crippen LogP contribution in [0.3, 0.4) is 0 Å². The molecule has 1 amide bonds. The number of hydrogen-bond acceptors (Lipinski definition) is 2. The number of carbonyl (C=O) groups excluding carboxylic acids is 1. The average Bonchev–Trinajstić information content (AvgIpc) is 2.53. The third kappa shape index (κ3) is 3.34. The van der Waals surface area contributed by atoms with Gasteiger partial charge in [-0.1, -0.05) is 36.4 Å². The first-order valence-electron chi connectivity index (χ1n) is 6.95. The Balaban J connectivity index is 1.59. The summed E-state index contributed by atoms with van der Waals surface area (Å²) in [4.78, 5) is 12.2. The van der Waals surface area contributed by atoms with Crippen LogP contribution in [0.4, 0.5) is 0 Å². The Morgan fingerprint density at radius 2 is 1.86 bits per heavy atom. The fourth-order valence-corrected chi connectivity index (χ4v) is 2.95. The van der Waals surface area contributed by atoms with Crippen molar-refractivity contribution >= 4 is 21.8 Å². The molecule has 4 heteroatoms. The highest BCUT2D eigenvalue weighted by Crippen LogP contribution is 2.20. The lowest BCUT2D eigenvalue weighted by Gasteiger charge is -2.25. The molecular formula is C17H16BrNO2. The second-order valence-corrected chi connectivity index (χ2v) is 5.95. The molecule has 1 heterocycles. The first-order valence-corrected chi connectivity index (χ1v) is 7.74. The molecule has 1 atom stereocenters. The maximum atomic E-state index is 12.2. The average molecular weight is 346 g/mol. The van der Waals surface area contributed by atoms with E-state index in [0.717, 1.165) is 10.9 Å². The number of ether oxygens (including phenoxy) is 1. The van der Waals surface area contributed by atoms with E-state index in [1.807, 2.05) is 30.3 Å². The van der Waals surface area contributed by atoms with Crippen LogP contribution >= 0.6 is 15.9 Å². The third-order valence-corrected chi connectivity index (χ3v) is 4.34. The van der Waals surface area contributed by atoms with E-state index in [-0.39, 0.29) is 12.0 Å². The first-order chi connectivity index (χ1) is 10.2. The molecule has 1 N–H and O–H groups in total. The summed E-state index contributed by atoms with van der Waals surface area (Å²) in [6, 6.07) is 15.7. The van der Waals surface area contributed by atoms with Crippen LogP contribution in [0.2, 0.25) is 0 Å². The predicted molar refractivity (Wildman–Crippen MR) is 85.2 cm³/mol. The minimum absolute atomic E-state index is 0.0336. The van der Waals surface area contributed by atoms with Crippen molar-refractivity contribution in [3.8, 4) is 0 Å². The standard InChI is InChI=1S/C17H16BrNO2/c18-16-8-4-3-7-15(16)17(20)19-10-14-9-12-5-1-2-6-13(12)11-21-14/h1-8,14H,9-11H2,(H,19,20). The lowest BCUT2D eigenvalue weighted by atomic mass is 9.99. The van der Waals surface area contributed by atoms with Gasteiger partial charge in [-0.25, -0.2) is 0 Å². The predicted octanol–water partition coefficient (Wildman–Crippen LogP) is 3.32. The number of carbonyl (C=O) groups is 1. The molecule has 1 aliphatic rings. The highest BCUT2D eigenvalue weighted by molar-refractivity contribution is 9.10. The van der Waals surface area contributed by atoms with E-state index >= 15 is 0 Å². The SMILES string of the molecule is O=C(NCC1Cc2ccccc2CO1)c1ccccc1Br. The van der Waals surface area contributed by atoms with Crippen LogP contribution in [0.25, 0.3) is 0 Å². The van der Waals surface area contributed by atoms with Crippen LogP contribution in [0, 0.1) is 0 Å². The van der Waals surface area contributed by atoms with Crippen molar-refractivity contribution in [2.45, 2.75) is 19.1 Å². The zero-order chi connectivity index (χ0) is 14.7. The van der Waals surface area contributed by atoms with Gasteiger partial charge in [0.15, 0.2) is 0 Å². The summed E-state index contributed by atoms with van der Waals surface area (Å²) in [6.07, 6.45) is 0.873. The maximum Gasteiger partial charge on any atom is 0.252 e. The van der Waals surface area contributed by atoms with Gasteiger partial charge < -0.3 is 10.1 Å². The van der Waals surface area contributed by atoms with Crippen molar-refractivity contribution in [1.82, 2.24) is 5.32 Å². The number of amides is 1. The van der Waals surface area contributed by atoms with Crippen LogP contribution in [-0.4, -0.2) is 18.6 Å². The van der Waals surface area contributed by atoms with E-state index in [1.165, 1.54) is 11.1 Å². The van der Waals surface area contributed by atoms with Crippen molar-refractivity contribution in [2.75, 3.05) is 6.54 Å². The van der Waals surface area contributed by atoms with Crippen molar-refractivity contribution in [3.63, 3.8) is 0 Å². The molecule has 2 aromatic rings. The van der Waals surface area contributed by atoms with Gasteiger partial charge in [-0.2, -0.15) is 0 Å². The van der Waals surface area contributed by atoms with Gasteiger partial charge in [0.2, 0.25) is 0 Å². The number of rotatable bonds is 3. The van der Waals surface area contributed by atoms with Crippen molar-refractivity contribution in [3.05, 3.63) is 69.7 Å². The Kier molecular flexibility index (Phi) is 4.36. The Morgan fingerprint density at radius 3 is 2.67 bits per heavy atom. The summed E-state index contributed by atoms with van der Waals surface area (Å²) in [6.45, 7) is 1.14. The topological polar surface area (TPSA) is 38.3 Å². The molecule has 0 spiro atoms. The zero-order valence-electron chi connectivity index (χ0n) is 11.5. The van der Waals surface area contributed by atoms with Gasteiger partial charge in [-0.3, -0.25) is 4.79 Å². The van der Waals surface area contributed by atoms with E-state index < -0.39 is 0 Å². The van der Waals surface area contributed by atoms with Crippen molar-refractivity contribution in [1.29, 1.82) is 0 Å². The molecule has 0 saturated carbocycles. The van der Waals surface area contributed by atoms with Crippen LogP contribution in [0.15, 0.2) is 53.0 Å². The van der Waals surface area contributed by atoms with Crippen LogP contribution in [0.1, 0.15) is 21.5 Å². The minimum Gasteiger partial charge on any atom is -0.371 e. The van der Waals surface area contributed by atoms with E-state index in [4.69, 9.17) is 4.74 Å². The number of nitrogens with one attached hydrogen (secondary N) is 1. The van der Waals surface area contributed by atoms with Crippen molar-refractivity contribution in [2.24, 2.45) is 0 Å². The minimum atomic E-state index is -0.0788. The summed E-state index contributed by atoms with van der Waals surface area (Å²) in [5, 5.41) is 2.95. The highest BCUT2D eigenvalue weighted by Gasteiger charge is 2.19. The fraction of sp³-hybridized carbons (Fsp3) is 0.235. The number of hydrogen-bond donors (Lipinski definition) is 1. The lowest BCUT2D eigenvalue weighted by molar-refractivity contribution is 0.0285. The Hall–Kier alpha value is -1.65. The Labute approximate surface area is 132 Å². The highest BCUT2D eigenvalue weighted by atomic mass is 79.9. The van der Waals surface area contributed by atoms with Crippen molar-refractivity contribution < 1.29 is 9.53 Å². The molecule has 0 fully saturated rings. The number of fused-ring (bicyclic) bond motifs is 1. The first kappa shape index (κ1) is 14.3. The molecular weight excluding hydrogens is 330 g/mol. The molecule has 0 saturated heterocycles. The summed E-state index contributed by atoms with van der Waals surface area (Å²) in [5.41, 5.74) is 3.20. The molecule has 0 aliphatic carbocycles. The molecule has 3 rings (SSSR count). The van der Waals surface area contributed by atoms with Gasteiger partial charge in [0.1, 0.15) is 0 Å². The normalized spacial score (nSPS) is 17.1. The molecule has 0 bridgehead atoms. The molecule has 21 heavy (non-hydrogen) atoms. The molecule has 108 valence electrons. The summed E-state index contributed by atoms with van der Waals surface area (Å²) in [7, 11) is 0. The van der Waals surface area contributed by atoms with Gasteiger partial charge >= 0.3 is 0 Å². The third-order valence-electron chi connectivity index (χ3n) is 3.65. The van der Waals surface area contributed by atoms with E-state index in [1.54, 1.807) is 6.07 Å². The van der Waals surface area contributed by atoms with Gasteiger partial charge in [0, 0.05) is 17.4 Å². The van der Waals surface area contributed by atoms with E-state index in [2.05, 4.69) is 33.4 Å². The molecule has 3 nitrogen and oxygen atoms in total. The maximum absolute atomic E-state index is 12.2. The van der Waals surface area contributed by atoms with Crippen LogP contribution in [0.5, 0.6) is 0 Å². The number of halogens is 1. The fourth-order valence-electron chi connectivity index (χ4n) is 2.49. The van der Waals surface area contributed by atoms with Gasteiger partial charge in [-0.05, 0) is 39.2 Å². The van der Waals surface area contributed by atoms with E-state index in [9.17, 15) is 4.79 Å².